The molecule has 7 nitrogen and oxygen atoms in total. The van der Waals surface area contributed by atoms with E-state index in [9.17, 15) is 14.4 Å². The minimum Gasteiger partial charge on any atom is -0.481 e. The lowest BCUT2D eigenvalue weighted by molar-refractivity contribution is -0.137. The summed E-state index contributed by atoms with van der Waals surface area (Å²) >= 11 is 0. The number of fused-ring (bicyclic) bond motifs is 1. The van der Waals surface area contributed by atoms with Crippen LogP contribution < -0.4 is 16.0 Å². The molecule has 2 atom stereocenters. The molecule has 0 fully saturated rings. The van der Waals surface area contributed by atoms with Crippen LogP contribution in [0.4, 0.5) is 17.1 Å². The predicted molar refractivity (Wildman–Crippen MR) is 132 cm³/mol. The number of hydrogen-bond acceptors (Lipinski definition) is 4. The fraction of sp³-hybridized carbons (Fsp3) is 0.222. The van der Waals surface area contributed by atoms with Crippen molar-refractivity contribution in [1.29, 1.82) is 0 Å². The topological polar surface area (TPSA) is 108 Å². The number of para-hydroxylation sites is 1. The standard InChI is InChI=1S/C27H27N3O4/c1-17(14-26(32)33)19-8-12-20(13-9-19)29-25(31)15-18-6-10-21(11-7-18)30-27(34)23-16-28-24-5-3-2-4-22(23)24/h2-13,17,23,28H,14-16H2,1H3,(H,29,31)(H,30,34)(H,32,33). The van der Waals surface area contributed by atoms with E-state index >= 15 is 0 Å². The summed E-state index contributed by atoms with van der Waals surface area (Å²) in [5.41, 5.74) is 5.08. The van der Waals surface area contributed by atoms with Crippen LogP contribution in [0.15, 0.2) is 72.8 Å². The van der Waals surface area contributed by atoms with Crippen LogP contribution in [-0.4, -0.2) is 29.4 Å². The highest BCUT2D eigenvalue weighted by Gasteiger charge is 2.28. The lowest BCUT2D eigenvalue weighted by Gasteiger charge is -2.12. The molecule has 0 radical (unpaired) electrons. The third kappa shape index (κ3) is 5.61. The van der Waals surface area contributed by atoms with E-state index in [1.165, 1.54) is 0 Å². The van der Waals surface area contributed by atoms with Crippen LogP contribution >= 0.6 is 0 Å². The number of carboxylic acids is 1. The van der Waals surface area contributed by atoms with Crippen LogP contribution in [0.2, 0.25) is 0 Å². The Hall–Kier alpha value is -4.13. The van der Waals surface area contributed by atoms with Gasteiger partial charge in [0.05, 0.1) is 18.8 Å². The summed E-state index contributed by atoms with van der Waals surface area (Å²) in [5, 5.41) is 18.0. The summed E-state index contributed by atoms with van der Waals surface area (Å²) in [7, 11) is 0. The van der Waals surface area contributed by atoms with E-state index in [-0.39, 0.29) is 36.5 Å². The van der Waals surface area contributed by atoms with E-state index in [1.54, 1.807) is 24.3 Å². The van der Waals surface area contributed by atoms with Crippen molar-refractivity contribution >= 4 is 34.8 Å². The molecule has 0 aliphatic carbocycles. The molecular formula is C27H27N3O4. The van der Waals surface area contributed by atoms with Crippen LogP contribution in [-0.2, 0) is 20.8 Å². The summed E-state index contributed by atoms with van der Waals surface area (Å²) in [6.45, 7) is 2.43. The van der Waals surface area contributed by atoms with E-state index in [0.29, 0.717) is 17.9 Å². The number of aliphatic carboxylic acids is 1. The normalized spacial score (nSPS) is 15.0. The molecule has 0 saturated carbocycles. The quantitative estimate of drug-likeness (QED) is 0.396. The number of carbonyl (C=O) groups is 3. The first-order chi connectivity index (χ1) is 16.4. The van der Waals surface area contributed by atoms with Gasteiger partial charge >= 0.3 is 5.97 Å². The molecule has 34 heavy (non-hydrogen) atoms. The van der Waals surface area contributed by atoms with Gasteiger partial charge in [-0.25, -0.2) is 0 Å². The van der Waals surface area contributed by atoms with Crippen LogP contribution in [0, 0.1) is 0 Å². The Labute approximate surface area is 198 Å². The summed E-state index contributed by atoms with van der Waals surface area (Å²) in [5.74, 6) is -1.39. The molecule has 7 heteroatoms. The number of benzene rings is 3. The second-order valence-corrected chi connectivity index (χ2v) is 8.55. The molecule has 4 N–H and O–H groups in total. The van der Waals surface area contributed by atoms with Crippen LogP contribution in [0.1, 0.15) is 41.9 Å². The van der Waals surface area contributed by atoms with E-state index in [0.717, 1.165) is 22.4 Å². The highest BCUT2D eigenvalue weighted by Crippen LogP contribution is 2.31. The van der Waals surface area contributed by atoms with Crippen LogP contribution in [0.3, 0.4) is 0 Å². The Morgan fingerprint density at radius 1 is 0.941 bits per heavy atom. The number of rotatable bonds is 8. The van der Waals surface area contributed by atoms with Gasteiger partial charge in [0.25, 0.3) is 0 Å². The molecular weight excluding hydrogens is 430 g/mol. The lowest BCUT2D eigenvalue weighted by Crippen LogP contribution is -2.22. The Bertz CT molecular complexity index is 1190. The third-order valence-electron chi connectivity index (χ3n) is 5.98. The minimum atomic E-state index is -0.837. The Morgan fingerprint density at radius 3 is 2.29 bits per heavy atom. The fourth-order valence-electron chi connectivity index (χ4n) is 4.12. The Kier molecular flexibility index (Phi) is 6.92. The maximum Gasteiger partial charge on any atom is 0.303 e. The zero-order chi connectivity index (χ0) is 24.1. The van der Waals surface area contributed by atoms with Crippen LogP contribution in [0.5, 0.6) is 0 Å². The molecule has 1 aliphatic heterocycles. The van der Waals surface area contributed by atoms with Crippen molar-refractivity contribution in [2.75, 3.05) is 22.5 Å². The third-order valence-corrected chi connectivity index (χ3v) is 5.98. The van der Waals surface area contributed by atoms with Gasteiger partial charge in [-0.05, 0) is 52.9 Å². The fourth-order valence-corrected chi connectivity index (χ4v) is 4.12. The highest BCUT2D eigenvalue weighted by atomic mass is 16.4. The van der Waals surface area contributed by atoms with Gasteiger partial charge in [-0.15, -0.1) is 0 Å². The van der Waals surface area contributed by atoms with Gasteiger partial charge in [-0.3, -0.25) is 14.4 Å². The van der Waals surface area contributed by atoms with Crippen molar-refractivity contribution in [1.82, 2.24) is 0 Å². The smallest absolute Gasteiger partial charge is 0.303 e. The van der Waals surface area contributed by atoms with E-state index in [2.05, 4.69) is 16.0 Å². The van der Waals surface area contributed by atoms with Crippen molar-refractivity contribution in [3.8, 4) is 0 Å². The van der Waals surface area contributed by atoms with Crippen molar-refractivity contribution in [2.45, 2.75) is 31.6 Å². The second kappa shape index (κ2) is 10.2. The maximum atomic E-state index is 12.7. The van der Waals surface area contributed by atoms with Gasteiger partial charge in [-0.1, -0.05) is 49.4 Å². The summed E-state index contributed by atoms with van der Waals surface area (Å²) in [4.78, 5) is 36.0. The molecule has 2 unspecified atom stereocenters. The molecule has 0 saturated heterocycles. The van der Waals surface area contributed by atoms with Gasteiger partial charge in [0, 0.05) is 23.6 Å². The first kappa shape index (κ1) is 23.0. The molecule has 2 amide bonds. The summed E-state index contributed by atoms with van der Waals surface area (Å²) in [6, 6.07) is 22.3. The SMILES string of the molecule is CC(CC(=O)O)c1ccc(NC(=O)Cc2ccc(NC(=O)C3CNc4ccccc43)cc2)cc1. The zero-order valence-electron chi connectivity index (χ0n) is 18.9. The molecule has 174 valence electrons. The van der Waals surface area contributed by atoms with Crippen molar-refractivity contribution in [3.05, 3.63) is 89.5 Å². The first-order valence-corrected chi connectivity index (χ1v) is 11.2. The first-order valence-electron chi connectivity index (χ1n) is 11.2. The summed E-state index contributed by atoms with van der Waals surface area (Å²) < 4.78 is 0. The number of hydrogen-bond donors (Lipinski definition) is 4. The number of nitrogens with one attached hydrogen (secondary N) is 3. The second-order valence-electron chi connectivity index (χ2n) is 8.55. The number of carboxylic acid groups (broad SMARTS) is 1. The largest absolute Gasteiger partial charge is 0.481 e. The van der Waals surface area contributed by atoms with Crippen LogP contribution in [0.25, 0.3) is 0 Å². The van der Waals surface area contributed by atoms with Gasteiger partial charge in [0.1, 0.15) is 0 Å². The van der Waals surface area contributed by atoms with Crippen molar-refractivity contribution in [2.24, 2.45) is 0 Å². The number of anilines is 3. The Morgan fingerprint density at radius 2 is 1.59 bits per heavy atom. The molecule has 1 heterocycles. The molecule has 0 aromatic heterocycles. The van der Waals surface area contributed by atoms with E-state index in [4.69, 9.17) is 5.11 Å². The Balaban J connectivity index is 1.29. The molecule has 3 aromatic carbocycles. The van der Waals surface area contributed by atoms with E-state index in [1.807, 2.05) is 55.5 Å². The van der Waals surface area contributed by atoms with E-state index < -0.39 is 5.97 Å². The highest BCUT2D eigenvalue weighted by molar-refractivity contribution is 5.98. The predicted octanol–water partition coefficient (Wildman–Crippen LogP) is 4.59. The molecule has 1 aliphatic rings. The number of carbonyl (C=O) groups excluding carboxylic acids is 2. The van der Waals surface area contributed by atoms with Gasteiger partial charge in [0.15, 0.2) is 0 Å². The lowest BCUT2D eigenvalue weighted by atomic mass is 9.98. The molecule has 0 bridgehead atoms. The van der Waals surface area contributed by atoms with Gasteiger partial charge < -0.3 is 21.1 Å². The minimum absolute atomic E-state index is 0.0625. The van der Waals surface area contributed by atoms with Crippen molar-refractivity contribution < 1.29 is 19.5 Å². The average molecular weight is 458 g/mol. The maximum absolute atomic E-state index is 12.7. The van der Waals surface area contributed by atoms with Crippen molar-refractivity contribution in [3.63, 3.8) is 0 Å². The van der Waals surface area contributed by atoms with Gasteiger partial charge in [-0.2, -0.15) is 0 Å². The average Bonchev–Trinajstić information content (AvgIpc) is 3.25. The molecule has 4 rings (SSSR count). The zero-order valence-corrected chi connectivity index (χ0v) is 18.9. The monoisotopic (exact) mass is 457 g/mol. The molecule has 3 aromatic rings. The summed E-state index contributed by atoms with van der Waals surface area (Å²) in [6.07, 6.45) is 0.262. The number of amides is 2. The molecule has 0 spiro atoms. The van der Waals surface area contributed by atoms with Gasteiger partial charge in [0.2, 0.25) is 11.8 Å².